The van der Waals surface area contributed by atoms with E-state index >= 15 is 0 Å². The van der Waals surface area contributed by atoms with E-state index in [-0.39, 0.29) is 0 Å². The number of hydrogen-bond acceptors (Lipinski definition) is 1. The summed E-state index contributed by atoms with van der Waals surface area (Å²) in [5.41, 5.74) is 3.07. The number of aliphatic hydroxyl groups excluding tert-OH is 1. The van der Waals surface area contributed by atoms with Crippen molar-refractivity contribution in [2.24, 2.45) is 0 Å². The van der Waals surface area contributed by atoms with Gasteiger partial charge in [-0.05, 0) is 32.8 Å². The molecule has 0 unspecified atom stereocenters. The molecule has 0 spiro atoms. The molecule has 0 aliphatic heterocycles. The monoisotopic (exact) mass is 152 g/mol. The van der Waals surface area contributed by atoms with Crippen molar-refractivity contribution in [2.75, 3.05) is 0 Å². The number of hydrogen-bond donors (Lipinski definition) is 1. The average Bonchev–Trinajstić information content (AvgIpc) is 1.87. The third-order valence-electron chi connectivity index (χ3n) is 1.43. The molecule has 1 heteroatoms. The first kappa shape index (κ1) is 10.0. The molecule has 1 nitrogen and oxygen atoms in total. The van der Waals surface area contributed by atoms with Crippen LogP contribution in [0.25, 0.3) is 0 Å². The van der Waals surface area contributed by atoms with Crippen LogP contribution in [0, 0.1) is 0 Å². The number of aliphatic hydroxyl groups is 1. The van der Waals surface area contributed by atoms with E-state index in [1.165, 1.54) is 5.57 Å². The molecule has 0 amide bonds. The van der Waals surface area contributed by atoms with Crippen LogP contribution in [0.3, 0.4) is 0 Å². The van der Waals surface area contributed by atoms with Crippen LogP contribution in [0.4, 0.5) is 0 Å². The van der Waals surface area contributed by atoms with E-state index in [1.54, 1.807) is 0 Å². The first-order valence-electron chi connectivity index (χ1n) is 3.70. The van der Waals surface area contributed by atoms with E-state index in [1.807, 2.05) is 20.8 Å². The van der Waals surface area contributed by atoms with Gasteiger partial charge in [-0.3, -0.25) is 0 Å². The van der Waals surface area contributed by atoms with Gasteiger partial charge < -0.3 is 5.11 Å². The molecule has 0 fully saturated rings. The molecule has 0 aliphatic rings. The highest BCUT2D eigenvalue weighted by Crippen LogP contribution is 2.12. The molecule has 1 N–H and O–H groups in total. The molecular formula is C10H16O. The van der Waals surface area contributed by atoms with Gasteiger partial charge in [-0.2, -0.15) is 0 Å². The van der Waals surface area contributed by atoms with E-state index in [0.717, 1.165) is 23.8 Å². The summed E-state index contributed by atoms with van der Waals surface area (Å²) in [6.45, 7) is 9.71. The Balaban J connectivity index is 4.13. The second-order valence-corrected chi connectivity index (χ2v) is 2.92. The van der Waals surface area contributed by atoms with Crippen LogP contribution in [-0.2, 0) is 0 Å². The van der Waals surface area contributed by atoms with Crippen molar-refractivity contribution in [3.8, 4) is 0 Å². The summed E-state index contributed by atoms with van der Waals surface area (Å²) in [7, 11) is 0. The molecule has 0 aromatic rings. The van der Waals surface area contributed by atoms with Gasteiger partial charge in [-0.1, -0.05) is 23.8 Å². The Morgan fingerprint density at radius 3 is 2.18 bits per heavy atom. The van der Waals surface area contributed by atoms with Gasteiger partial charge >= 0.3 is 0 Å². The van der Waals surface area contributed by atoms with Crippen molar-refractivity contribution in [3.05, 3.63) is 35.6 Å². The highest BCUT2D eigenvalue weighted by Gasteiger charge is 1.94. The SMILES string of the molecule is C=C(C)/C(=C/O)CC=C(C)C. The Morgan fingerprint density at radius 2 is 1.91 bits per heavy atom. The third kappa shape index (κ3) is 4.43. The van der Waals surface area contributed by atoms with Gasteiger partial charge in [0.25, 0.3) is 0 Å². The van der Waals surface area contributed by atoms with Crippen LogP contribution < -0.4 is 0 Å². The minimum Gasteiger partial charge on any atom is -0.515 e. The van der Waals surface area contributed by atoms with Crippen molar-refractivity contribution in [2.45, 2.75) is 27.2 Å². The highest BCUT2D eigenvalue weighted by atomic mass is 16.2. The van der Waals surface area contributed by atoms with Crippen LogP contribution in [0.15, 0.2) is 35.6 Å². The molecule has 0 saturated carbocycles. The fourth-order valence-electron chi connectivity index (χ4n) is 0.651. The van der Waals surface area contributed by atoms with E-state index in [2.05, 4.69) is 12.7 Å². The Bertz CT molecular complexity index is 193. The maximum absolute atomic E-state index is 8.76. The molecule has 11 heavy (non-hydrogen) atoms. The van der Waals surface area contributed by atoms with Gasteiger partial charge in [-0.25, -0.2) is 0 Å². The summed E-state index contributed by atoms with van der Waals surface area (Å²) in [6.07, 6.45) is 3.96. The lowest BCUT2D eigenvalue weighted by Crippen LogP contribution is -1.82. The van der Waals surface area contributed by atoms with Gasteiger partial charge in [0.2, 0.25) is 0 Å². The van der Waals surface area contributed by atoms with E-state index in [0.29, 0.717) is 0 Å². The lowest BCUT2D eigenvalue weighted by molar-refractivity contribution is 0.467. The minimum atomic E-state index is 0.772. The summed E-state index contributed by atoms with van der Waals surface area (Å²) in [6, 6.07) is 0. The van der Waals surface area contributed by atoms with Crippen molar-refractivity contribution < 1.29 is 5.11 Å². The molecule has 0 radical (unpaired) electrons. The lowest BCUT2D eigenvalue weighted by Gasteiger charge is -2.00. The molecule has 0 rings (SSSR count). The maximum Gasteiger partial charge on any atom is 0.0829 e. The summed E-state index contributed by atoms with van der Waals surface area (Å²) in [4.78, 5) is 0. The summed E-state index contributed by atoms with van der Waals surface area (Å²) in [5.74, 6) is 0. The molecule has 0 aromatic heterocycles. The van der Waals surface area contributed by atoms with E-state index in [4.69, 9.17) is 5.11 Å². The van der Waals surface area contributed by atoms with E-state index in [9.17, 15) is 0 Å². The zero-order valence-electron chi connectivity index (χ0n) is 7.52. The lowest BCUT2D eigenvalue weighted by atomic mass is 10.1. The Labute approximate surface area is 68.7 Å². The van der Waals surface area contributed by atoms with Crippen molar-refractivity contribution in [3.63, 3.8) is 0 Å². The Kier molecular flexibility index (Phi) is 4.35. The van der Waals surface area contributed by atoms with Crippen molar-refractivity contribution >= 4 is 0 Å². The fraction of sp³-hybridized carbons (Fsp3) is 0.400. The van der Waals surface area contributed by atoms with E-state index < -0.39 is 0 Å². The van der Waals surface area contributed by atoms with Gasteiger partial charge in [0.05, 0.1) is 6.26 Å². The molecule has 0 bridgehead atoms. The van der Waals surface area contributed by atoms with Crippen LogP contribution >= 0.6 is 0 Å². The maximum atomic E-state index is 8.76. The predicted molar refractivity (Wildman–Crippen MR) is 49.6 cm³/mol. The average molecular weight is 152 g/mol. The molecule has 0 atom stereocenters. The standard InChI is InChI=1S/C10H16O/c1-8(2)5-6-10(7-11)9(3)4/h5,7,11H,3,6H2,1-2,4H3/b10-7+. The van der Waals surface area contributed by atoms with Gasteiger partial charge in [-0.15, -0.1) is 0 Å². The minimum absolute atomic E-state index is 0.772. The molecule has 62 valence electrons. The Morgan fingerprint density at radius 1 is 1.36 bits per heavy atom. The van der Waals surface area contributed by atoms with Gasteiger partial charge in [0.15, 0.2) is 0 Å². The molecule has 0 heterocycles. The quantitative estimate of drug-likeness (QED) is 0.373. The molecular weight excluding hydrogens is 136 g/mol. The second kappa shape index (κ2) is 4.78. The molecule has 0 saturated heterocycles. The first-order chi connectivity index (χ1) is 5.07. The smallest absolute Gasteiger partial charge is 0.0829 e. The highest BCUT2D eigenvalue weighted by molar-refractivity contribution is 5.27. The largest absolute Gasteiger partial charge is 0.515 e. The number of rotatable bonds is 3. The van der Waals surface area contributed by atoms with Crippen LogP contribution in [0.1, 0.15) is 27.2 Å². The number of allylic oxidation sites excluding steroid dienone is 4. The zero-order valence-corrected chi connectivity index (χ0v) is 7.52. The first-order valence-corrected chi connectivity index (χ1v) is 3.70. The van der Waals surface area contributed by atoms with Crippen molar-refractivity contribution in [1.82, 2.24) is 0 Å². The summed E-state index contributed by atoms with van der Waals surface area (Å²) in [5, 5.41) is 8.76. The molecule has 0 aromatic carbocycles. The van der Waals surface area contributed by atoms with Crippen LogP contribution in [-0.4, -0.2) is 5.11 Å². The predicted octanol–water partition coefficient (Wildman–Crippen LogP) is 3.36. The van der Waals surface area contributed by atoms with Gasteiger partial charge in [0.1, 0.15) is 0 Å². The second-order valence-electron chi connectivity index (χ2n) is 2.92. The summed E-state index contributed by atoms with van der Waals surface area (Å²) < 4.78 is 0. The van der Waals surface area contributed by atoms with Crippen LogP contribution in [0.2, 0.25) is 0 Å². The zero-order chi connectivity index (χ0) is 8.85. The third-order valence-corrected chi connectivity index (χ3v) is 1.43. The summed E-state index contributed by atoms with van der Waals surface area (Å²) >= 11 is 0. The fourth-order valence-corrected chi connectivity index (χ4v) is 0.651. The van der Waals surface area contributed by atoms with Crippen molar-refractivity contribution in [1.29, 1.82) is 0 Å². The molecule has 0 aliphatic carbocycles. The normalized spacial score (nSPS) is 11.0. The Hall–Kier alpha value is -0.980. The topological polar surface area (TPSA) is 20.2 Å². The van der Waals surface area contributed by atoms with Crippen LogP contribution in [0.5, 0.6) is 0 Å². The van der Waals surface area contributed by atoms with Gasteiger partial charge in [0, 0.05) is 0 Å².